The molecule has 144 valence electrons. The van der Waals surface area contributed by atoms with Crippen LogP contribution in [0.3, 0.4) is 0 Å². The molecule has 1 amide bonds. The SMILES string of the molecule is CCn1c(S[C@@H](C)C(=O)N2c3ccccc3C[C@@H]2C)nnc1-c1ccccc1. The van der Waals surface area contributed by atoms with E-state index in [1.807, 2.05) is 60.4 Å². The summed E-state index contributed by atoms with van der Waals surface area (Å²) in [5, 5.41) is 9.30. The van der Waals surface area contributed by atoms with Gasteiger partial charge >= 0.3 is 0 Å². The Labute approximate surface area is 169 Å². The molecule has 0 bridgehead atoms. The van der Waals surface area contributed by atoms with Crippen LogP contribution in [0.1, 0.15) is 26.3 Å². The number of hydrogen-bond donors (Lipinski definition) is 0. The number of carbonyl (C=O) groups excluding carboxylic acids is 1. The van der Waals surface area contributed by atoms with Crippen molar-refractivity contribution in [1.29, 1.82) is 0 Å². The first-order valence-corrected chi connectivity index (χ1v) is 10.5. The molecule has 1 aromatic heterocycles. The van der Waals surface area contributed by atoms with Gasteiger partial charge in [-0.05, 0) is 38.8 Å². The molecule has 0 fully saturated rings. The average molecular weight is 393 g/mol. The molecule has 0 saturated carbocycles. The fraction of sp³-hybridized carbons (Fsp3) is 0.318. The minimum absolute atomic E-state index is 0.120. The van der Waals surface area contributed by atoms with Gasteiger partial charge in [-0.2, -0.15) is 0 Å². The van der Waals surface area contributed by atoms with Crippen LogP contribution in [-0.2, 0) is 17.8 Å². The Bertz CT molecular complexity index is 985. The molecule has 28 heavy (non-hydrogen) atoms. The second kappa shape index (κ2) is 7.80. The second-order valence-corrected chi connectivity index (χ2v) is 8.37. The van der Waals surface area contributed by atoms with E-state index in [0.717, 1.165) is 35.2 Å². The van der Waals surface area contributed by atoms with Gasteiger partial charge in [0.2, 0.25) is 5.91 Å². The predicted octanol–water partition coefficient (Wildman–Crippen LogP) is 4.42. The zero-order valence-electron chi connectivity index (χ0n) is 16.4. The van der Waals surface area contributed by atoms with Gasteiger partial charge < -0.3 is 9.47 Å². The number of benzene rings is 2. The van der Waals surface area contributed by atoms with E-state index in [1.165, 1.54) is 17.3 Å². The molecule has 2 heterocycles. The molecule has 0 saturated heterocycles. The van der Waals surface area contributed by atoms with Crippen molar-refractivity contribution in [2.75, 3.05) is 4.90 Å². The molecule has 2 atom stereocenters. The van der Waals surface area contributed by atoms with Crippen LogP contribution in [0.5, 0.6) is 0 Å². The number of fused-ring (bicyclic) bond motifs is 1. The summed E-state index contributed by atoms with van der Waals surface area (Å²) in [5.74, 6) is 0.958. The van der Waals surface area contributed by atoms with Crippen molar-refractivity contribution in [3.8, 4) is 11.4 Å². The Morgan fingerprint density at radius 1 is 1.14 bits per heavy atom. The normalized spacial score (nSPS) is 16.8. The summed E-state index contributed by atoms with van der Waals surface area (Å²) in [6.07, 6.45) is 0.905. The van der Waals surface area contributed by atoms with E-state index >= 15 is 0 Å². The smallest absolute Gasteiger partial charge is 0.240 e. The first-order valence-electron chi connectivity index (χ1n) is 9.66. The minimum atomic E-state index is -0.244. The molecule has 0 spiro atoms. The fourth-order valence-corrected chi connectivity index (χ4v) is 4.73. The summed E-state index contributed by atoms with van der Waals surface area (Å²) in [6.45, 7) is 6.89. The van der Waals surface area contributed by atoms with E-state index in [2.05, 4.69) is 34.7 Å². The topological polar surface area (TPSA) is 51.0 Å². The van der Waals surface area contributed by atoms with Gasteiger partial charge in [0.05, 0.1) is 5.25 Å². The highest BCUT2D eigenvalue weighted by Crippen LogP contribution is 2.35. The molecule has 0 radical (unpaired) electrons. The summed E-state index contributed by atoms with van der Waals surface area (Å²) in [4.78, 5) is 15.2. The van der Waals surface area contributed by atoms with Gasteiger partial charge in [-0.1, -0.05) is 60.3 Å². The van der Waals surface area contributed by atoms with Crippen molar-refractivity contribution in [2.45, 2.75) is 50.2 Å². The highest BCUT2D eigenvalue weighted by atomic mass is 32.2. The van der Waals surface area contributed by atoms with Gasteiger partial charge in [-0.3, -0.25) is 4.79 Å². The van der Waals surface area contributed by atoms with E-state index in [4.69, 9.17) is 0 Å². The molecule has 1 aliphatic rings. The van der Waals surface area contributed by atoms with E-state index < -0.39 is 0 Å². The maximum atomic E-state index is 13.2. The number of amides is 1. The fourth-order valence-electron chi connectivity index (χ4n) is 3.77. The maximum absolute atomic E-state index is 13.2. The maximum Gasteiger partial charge on any atom is 0.240 e. The van der Waals surface area contributed by atoms with Gasteiger partial charge in [-0.15, -0.1) is 10.2 Å². The van der Waals surface area contributed by atoms with Crippen LogP contribution >= 0.6 is 11.8 Å². The van der Waals surface area contributed by atoms with Gasteiger partial charge in [0.1, 0.15) is 0 Å². The van der Waals surface area contributed by atoms with Crippen molar-refractivity contribution >= 4 is 23.4 Å². The van der Waals surface area contributed by atoms with Crippen LogP contribution in [0.2, 0.25) is 0 Å². The number of hydrogen-bond acceptors (Lipinski definition) is 4. The molecule has 0 N–H and O–H groups in total. The van der Waals surface area contributed by atoms with Crippen LogP contribution in [0.15, 0.2) is 59.8 Å². The zero-order chi connectivity index (χ0) is 19.7. The monoisotopic (exact) mass is 392 g/mol. The first kappa shape index (κ1) is 18.7. The van der Waals surface area contributed by atoms with Gasteiger partial charge in [0.15, 0.2) is 11.0 Å². The summed E-state index contributed by atoms with van der Waals surface area (Å²) < 4.78 is 2.07. The standard InChI is InChI=1S/C22H24N4OS/c1-4-25-20(17-10-6-5-7-11-17)23-24-22(25)28-16(3)21(27)26-15(2)14-18-12-8-9-13-19(18)26/h5-13,15-16H,4,14H2,1-3H3/t15-,16-/m0/s1. The Kier molecular flexibility index (Phi) is 5.22. The van der Waals surface area contributed by atoms with Gasteiger partial charge in [0, 0.05) is 23.8 Å². The summed E-state index contributed by atoms with van der Waals surface area (Å²) >= 11 is 1.48. The molecule has 6 heteroatoms. The van der Waals surface area contributed by atoms with Crippen molar-refractivity contribution in [1.82, 2.24) is 14.8 Å². The molecule has 3 aromatic rings. The molecule has 1 aliphatic heterocycles. The van der Waals surface area contributed by atoms with Crippen molar-refractivity contribution in [2.24, 2.45) is 0 Å². The lowest BCUT2D eigenvalue weighted by molar-refractivity contribution is -0.118. The zero-order valence-corrected chi connectivity index (χ0v) is 17.2. The van der Waals surface area contributed by atoms with Crippen molar-refractivity contribution in [3.63, 3.8) is 0 Å². The van der Waals surface area contributed by atoms with E-state index in [1.54, 1.807) is 0 Å². The van der Waals surface area contributed by atoms with Crippen molar-refractivity contribution < 1.29 is 4.79 Å². The minimum Gasteiger partial charge on any atom is -0.308 e. The number of para-hydroxylation sites is 1. The summed E-state index contributed by atoms with van der Waals surface area (Å²) in [5.41, 5.74) is 3.31. The second-order valence-electron chi connectivity index (χ2n) is 7.07. The summed E-state index contributed by atoms with van der Waals surface area (Å²) in [7, 11) is 0. The molecular weight excluding hydrogens is 368 g/mol. The number of nitrogens with zero attached hydrogens (tertiary/aromatic N) is 4. The van der Waals surface area contributed by atoms with Gasteiger partial charge in [0.25, 0.3) is 0 Å². The van der Waals surface area contributed by atoms with Crippen LogP contribution in [-0.4, -0.2) is 32.0 Å². The lowest BCUT2D eigenvalue weighted by atomic mass is 10.1. The van der Waals surface area contributed by atoms with E-state index in [0.29, 0.717) is 0 Å². The van der Waals surface area contributed by atoms with Crippen LogP contribution in [0, 0.1) is 0 Å². The molecule has 5 nitrogen and oxygen atoms in total. The molecule has 4 rings (SSSR count). The third kappa shape index (κ3) is 3.33. The lowest BCUT2D eigenvalue weighted by Gasteiger charge is -2.25. The number of rotatable bonds is 5. The number of thioether (sulfide) groups is 1. The summed E-state index contributed by atoms with van der Waals surface area (Å²) in [6, 6.07) is 18.4. The van der Waals surface area contributed by atoms with Gasteiger partial charge in [-0.25, -0.2) is 0 Å². The quantitative estimate of drug-likeness (QED) is 0.603. The molecule has 0 unspecified atom stereocenters. The first-order chi connectivity index (χ1) is 13.6. The number of aromatic nitrogens is 3. The lowest BCUT2D eigenvalue weighted by Crippen LogP contribution is -2.40. The number of anilines is 1. The van der Waals surface area contributed by atoms with Crippen LogP contribution in [0.25, 0.3) is 11.4 Å². The third-order valence-electron chi connectivity index (χ3n) is 5.14. The predicted molar refractivity (Wildman–Crippen MR) is 114 cm³/mol. The Balaban J connectivity index is 1.57. The molecular formula is C22H24N4OS. The molecule has 0 aliphatic carbocycles. The highest BCUT2D eigenvalue weighted by molar-refractivity contribution is 8.00. The molecule has 2 aromatic carbocycles. The Morgan fingerprint density at radius 2 is 1.86 bits per heavy atom. The highest BCUT2D eigenvalue weighted by Gasteiger charge is 2.34. The van der Waals surface area contributed by atoms with E-state index in [-0.39, 0.29) is 17.2 Å². The van der Waals surface area contributed by atoms with E-state index in [9.17, 15) is 4.79 Å². The van der Waals surface area contributed by atoms with Crippen LogP contribution in [0.4, 0.5) is 5.69 Å². The number of carbonyl (C=O) groups is 1. The van der Waals surface area contributed by atoms with Crippen molar-refractivity contribution in [3.05, 3.63) is 60.2 Å². The largest absolute Gasteiger partial charge is 0.308 e. The van der Waals surface area contributed by atoms with Crippen LogP contribution < -0.4 is 4.90 Å². The Hall–Kier alpha value is -2.60. The Morgan fingerprint density at radius 3 is 2.61 bits per heavy atom. The third-order valence-corrected chi connectivity index (χ3v) is 6.21. The average Bonchev–Trinajstić information content (AvgIpc) is 3.27.